The van der Waals surface area contributed by atoms with Crippen LogP contribution in [-0.2, 0) is 9.63 Å². The third-order valence-corrected chi connectivity index (χ3v) is 3.81. The molecule has 3 rings (SSSR count). The molecule has 4 heteroatoms. The van der Waals surface area contributed by atoms with Crippen LogP contribution in [0, 0.1) is 5.92 Å². The van der Waals surface area contributed by atoms with Gasteiger partial charge >= 0.3 is 0 Å². The van der Waals surface area contributed by atoms with E-state index in [0.717, 1.165) is 6.54 Å². The van der Waals surface area contributed by atoms with Crippen molar-refractivity contribution in [2.75, 3.05) is 13.2 Å². The highest BCUT2D eigenvalue weighted by Crippen LogP contribution is 2.34. The van der Waals surface area contributed by atoms with Crippen LogP contribution in [0.15, 0.2) is 42.5 Å². The molecule has 3 atom stereocenters. The van der Waals surface area contributed by atoms with E-state index in [2.05, 4.69) is 29.2 Å². The third kappa shape index (κ3) is 2.37. The van der Waals surface area contributed by atoms with E-state index in [-0.39, 0.29) is 24.0 Å². The Balaban J connectivity index is 1.84. The minimum absolute atomic E-state index is 0.0433. The van der Waals surface area contributed by atoms with Crippen LogP contribution < -0.4 is 0 Å². The van der Waals surface area contributed by atoms with Gasteiger partial charge in [0, 0.05) is 12.5 Å². The van der Waals surface area contributed by atoms with Gasteiger partial charge in [0.15, 0.2) is 0 Å². The number of fused-ring (bicyclic) bond motifs is 2. The summed E-state index contributed by atoms with van der Waals surface area (Å²) < 4.78 is 0. The molecule has 1 amide bonds. The molecule has 0 aromatic heterocycles. The van der Waals surface area contributed by atoms with Gasteiger partial charge in [0.25, 0.3) is 0 Å². The van der Waals surface area contributed by atoms with Gasteiger partial charge in [-0.15, -0.1) is 0 Å². The van der Waals surface area contributed by atoms with Gasteiger partial charge in [-0.3, -0.25) is 14.5 Å². The molecule has 0 aliphatic carbocycles. The lowest BCUT2D eigenvalue weighted by molar-refractivity contribution is -0.256. The van der Waals surface area contributed by atoms with Crippen molar-refractivity contribution in [1.29, 1.82) is 0 Å². The van der Waals surface area contributed by atoms with Gasteiger partial charge in [-0.25, -0.2) is 5.06 Å². The second kappa shape index (κ2) is 5.38. The number of carbonyl (C=O) groups excluding carboxylic acids is 1. The van der Waals surface area contributed by atoms with Crippen LogP contribution in [0.4, 0.5) is 0 Å². The fraction of sp³-hybridized carbons (Fsp3) is 0.438. The van der Waals surface area contributed by atoms with Crippen LogP contribution in [0.2, 0.25) is 0 Å². The summed E-state index contributed by atoms with van der Waals surface area (Å²) in [5.74, 6) is -0.00371. The van der Waals surface area contributed by atoms with E-state index in [1.165, 1.54) is 10.6 Å². The molecule has 4 nitrogen and oxygen atoms in total. The summed E-state index contributed by atoms with van der Waals surface area (Å²) in [6.07, 6.45) is 4.08. The molecule has 1 saturated heterocycles. The topological polar surface area (TPSA) is 32.8 Å². The number of hydroxylamine groups is 2. The summed E-state index contributed by atoms with van der Waals surface area (Å²) >= 11 is 0. The Bertz CT molecular complexity index is 512. The number of amides is 1. The molecule has 2 aliphatic rings. The molecule has 0 saturated carbocycles. The minimum atomic E-state index is -0.0948. The van der Waals surface area contributed by atoms with Gasteiger partial charge in [0.2, 0.25) is 5.91 Å². The zero-order valence-electron chi connectivity index (χ0n) is 11.9. The summed E-state index contributed by atoms with van der Waals surface area (Å²) in [5, 5.41) is 1.51. The van der Waals surface area contributed by atoms with E-state index in [9.17, 15) is 4.79 Å². The van der Waals surface area contributed by atoms with Gasteiger partial charge in [-0.05, 0) is 5.56 Å². The SMILES string of the molecule is CC(C)C(=O)N1CN2CC=C[C@H](O1)[C@H]2c1ccccc1. The minimum Gasteiger partial charge on any atom is -0.272 e. The first-order valence-corrected chi connectivity index (χ1v) is 7.10. The zero-order valence-corrected chi connectivity index (χ0v) is 11.9. The van der Waals surface area contributed by atoms with Gasteiger partial charge in [0.1, 0.15) is 12.8 Å². The quantitative estimate of drug-likeness (QED) is 0.775. The van der Waals surface area contributed by atoms with Crippen molar-refractivity contribution in [3.63, 3.8) is 0 Å². The van der Waals surface area contributed by atoms with Gasteiger partial charge in [-0.2, -0.15) is 0 Å². The van der Waals surface area contributed by atoms with Crippen LogP contribution >= 0.6 is 0 Å². The number of rotatable bonds is 2. The Kier molecular flexibility index (Phi) is 3.59. The smallest absolute Gasteiger partial charge is 0.249 e. The van der Waals surface area contributed by atoms with Crippen molar-refractivity contribution in [3.8, 4) is 0 Å². The zero-order chi connectivity index (χ0) is 14.1. The number of hydrogen-bond acceptors (Lipinski definition) is 3. The van der Waals surface area contributed by atoms with Crippen molar-refractivity contribution in [1.82, 2.24) is 9.96 Å². The lowest BCUT2D eigenvalue weighted by Gasteiger charge is -2.46. The molecule has 0 N–H and O–H groups in total. The van der Waals surface area contributed by atoms with Gasteiger partial charge in [0.05, 0.1) is 6.04 Å². The molecular weight excluding hydrogens is 252 g/mol. The van der Waals surface area contributed by atoms with Crippen LogP contribution in [0.3, 0.4) is 0 Å². The average Bonchev–Trinajstić information content (AvgIpc) is 2.46. The Hall–Kier alpha value is -1.65. The monoisotopic (exact) mass is 272 g/mol. The first kappa shape index (κ1) is 13.3. The molecule has 1 fully saturated rings. The van der Waals surface area contributed by atoms with Gasteiger partial charge < -0.3 is 0 Å². The maximum atomic E-state index is 12.1. The number of nitrogens with zero attached hydrogens (tertiary/aromatic N) is 2. The molecule has 0 spiro atoms. The predicted molar refractivity (Wildman–Crippen MR) is 76.5 cm³/mol. The molecule has 2 bridgehead atoms. The number of hydrogen-bond donors (Lipinski definition) is 0. The molecule has 106 valence electrons. The first-order chi connectivity index (χ1) is 9.66. The molecular formula is C16H20N2O2. The highest BCUT2D eigenvalue weighted by Gasteiger charge is 2.39. The van der Waals surface area contributed by atoms with Crippen molar-refractivity contribution < 1.29 is 9.63 Å². The van der Waals surface area contributed by atoms with Crippen LogP contribution in [-0.4, -0.2) is 35.2 Å². The van der Waals surface area contributed by atoms with Crippen molar-refractivity contribution in [3.05, 3.63) is 48.0 Å². The van der Waals surface area contributed by atoms with Crippen molar-refractivity contribution >= 4 is 5.91 Å². The van der Waals surface area contributed by atoms with E-state index in [0.29, 0.717) is 6.67 Å². The molecule has 1 aromatic rings. The number of carbonyl (C=O) groups is 1. The second-order valence-corrected chi connectivity index (χ2v) is 5.64. The molecule has 0 radical (unpaired) electrons. The van der Waals surface area contributed by atoms with E-state index in [1.807, 2.05) is 32.0 Å². The Morgan fingerprint density at radius 3 is 2.70 bits per heavy atom. The molecule has 2 heterocycles. The van der Waals surface area contributed by atoms with Crippen molar-refractivity contribution in [2.45, 2.75) is 26.0 Å². The summed E-state index contributed by atoms with van der Waals surface area (Å²) in [5.41, 5.74) is 1.23. The van der Waals surface area contributed by atoms with Crippen LogP contribution in [0.1, 0.15) is 25.5 Å². The summed E-state index contributed by atoms with van der Waals surface area (Å²) in [6.45, 7) is 5.17. The van der Waals surface area contributed by atoms with Gasteiger partial charge in [-0.1, -0.05) is 56.3 Å². The second-order valence-electron chi connectivity index (χ2n) is 5.64. The Morgan fingerprint density at radius 1 is 1.30 bits per heavy atom. The molecule has 20 heavy (non-hydrogen) atoms. The lowest BCUT2D eigenvalue weighted by atomic mass is 9.96. The standard InChI is InChI=1S/C16H20N2O2/c1-12(2)16(19)18-11-17-10-6-9-14(20-18)15(17)13-7-4-3-5-8-13/h3-9,12,14-15H,10-11H2,1-2H3/t14-,15+/m0/s1. The fourth-order valence-corrected chi connectivity index (χ4v) is 2.80. The molecule has 2 aliphatic heterocycles. The molecule has 1 aromatic carbocycles. The average molecular weight is 272 g/mol. The fourth-order valence-electron chi connectivity index (χ4n) is 2.80. The van der Waals surface area contributed by atoms with E-state index in [4.69, 9.17) is 4.84 Å². The van der Waals surface area contributed by atoms with E-state index >= 15 is 0 Å². The maximum Gasteiger partial charge on any atom is 0.249 e. The van der Waals surface area contributed by atoms with E-state index < -0.39 is 0 Å². The third-order valence-electron chi connectivity index (χ3n) is 3.81. The van der Waals surface area contributed by atoms with Crippen molar-refractivity contribution in [2.24, 2.45) is 5.92 Å². The summed E-state index contributed by atoms with van der Waals surface area (Å²) in [6, 6.07) is 10.5. The molecule has 1 unspecified atom stereocenters. The maximum absolute atomic E-state index is 12.1. The normalized spacial score (nSPS) is 28.8. The lowest BCUT2D eigenvalue weighted by Crippen LogP contribution is -2.55. The van der Waals surface area contributed by atoms with Crippen LogP contribution in [0.5, 0.6) is 0 Å². The first-order valence-electron chi connectivity index (χ1n) is 7.10. The highest BCUT2D eigenvalue weighted by atomic mass is 16.7. The summed E-state index contributed by atoms with van der Waals surface area (Å²) in [7, 11) is 0. The summed E-state index contributed by atoms with van der Waals surface area (Å²) in [4.78, 5) is 20.3. The van der Waals surface area contributed by atoms with Crippen LogP contribution in [0.25, 0.3) is 0 Å². The Labute approximate surface area is 119 Å². The Morgan fingerprint density at radius 2 is 2.05 bits per heavy atom. The predicted octanol–water partition coefficient (Wildman–Crippen LogP) is 2.36. The largest absolute Gasteiger partial charge is 0.272 e. The highest BCUT2D eigenvalue weighted by molar-refractivity contribution is 5.77. The number of benzene rings is 1. The van der Waals surface area contributed by atoms with E-state index in [1.54, 1.807) is 0 Å².